The van der Waals surface area contributed by atoms with Gasteiger partial charge in [0.05, 0.1) is 6.54 Å². The lowest BCUT2D eigenvalue weighted by Gasteiger charge is -2.16. The van der Waals surface area contributed by atoms with Crippen molar-refractivity contribution >= 4 is 21.7 Å². The van der Waals surface area contributed by atoms with Crippen molar-refractivity contribution in [2.45, 2.75) is 32.2 Å². The minimum absolute atomic E-state index is 0.0636. The van der Waals surface area contributed by atoms with Gasteiger partial charge in [-0.3, -0.25) is 9.48 Å². The summed E-state index contributed by atoms with van der Waals surface area (Å²) in [5.41, 5.74) is 5.63. The van der Waals surface area contributed by atoms with E-state index in [1.165, 1.54) is 17.9 Å². The Kier molecular flexibility index (Phi) is 5.73. The molecule has 0 aliphatic heterocycles. The van der Waals surface area contributed by atoms with E-state index in [1.807, 2.05) is 20.8 Å². The van der Waals surface area contributed by atoms with E-state index in [0.717, 1.165) is 4.31 Å². The molecule has 0 aliphatic rings. The lowest BCUT2D eigenvalue weighted by Crippen LogP contribution is -2.39. The third-order valence-corrected chi connectivity index (χ3v) is 4.66. The van der Waals surface area contributed by atoms with Gasteiger partial charge in [-0.05, 0) is 12.8 Å². The molecule has 1 heterocycles. The van der Waals surface area contributed by atoms with E-state index >= 15 is 0 Å². The van der Waals surface area contributed by atoms with Gasteiger partial charge in [0.1, 0.15) is 4.90 Å². The molecule has 0 bridgehead atoms. The van der Waals surface area contributed by atoms with Crippen LogP contribution in [-0.4, -0.2) is 48.5 Å². The summed E-state index contributed by atoms with van der Waals surface area (Å²) in [4.78, 5) is 11.6. The molecule has 9 heteroatoms. The van der Waals surface area contributed by atoms with E-state index in [2.05, 4.69) is 10.4 Å². The van der Waals surface area contributed by atoms with Crippen molar-refractivity contribution < 1.29 is 13.2 Å². The van der Waals surface area contributed by atoms with Crippen LogP contribution in [0.2, 0.25) is 0 Å². The highest BCUT2D eigenvalue weighted by Crippen LogP contribution is 2.19. The fourth-order valence-electron chi connectivity index (χ4n) is 1.61. The molecule has 1 rings (SSSR count). The number of likely N-dealkylation sites (N-methyl/N-ethyl adjacent to an activating group) is 1. The fraction of sp³-hybridized carbons (Fsp3) is 0.667. The van der Waals surface area contributed by atoms with Gasteiger partial charge in [-0.25, -0.2) is 8.42 Å². The number of amides is 1. The SMILES string of the molecule is CCn1cc(S(=O)(=O)N(C)CC(=O)NCC(C)C)c(N)n1. The molecular weight excluding hydrogens is 294 g/mol. The minimum atomic E-state index is -3.83. The molecule has 21 heavy (non-hydrogen) atoms. The van der Waals surface area contributed by atoms with E-state index in [4.69, 9.17) is 5.73 Å². The number of hydrogen-bond acceptors (Lipinski definition) is 5. The van der Waals surface area contributed by atoms with Crippen LogP contribution >= 0.6 is 0 Å². The third kappa shape index (κ3) is 4.43. The average Bonchev–Trinajstić information content (AvgIpc) is 2.78. The normalized spacial score (nSPS) is 12.1. The Labute approximate surface area is 125 Å². The molecule has 0 radical (unpaired) electrons. The van der Waals surface area contributed by atoms with E-state index < -0.39 is 10.0 Å². The van der Waals surface area contributed by atoms with Crippen LogP contribution in [-0.2, 0) is 21.4 Å². The molecule has 1 aromatic heterocycles. The number of aryl methyl sites for hydroxylation is 1. The van der Waals surface area contributed by atoms with E-state index in [9.17, 15) is 13.2 Å². The molecule has 0 fully saturated rings. The fourth-order valence-corrected chi connectivity index (χ4v) is 2.79. The van der Waals surface area contributed by atoms with Crippen molar-refractivity contribution in [1.29, 1.82) is 0 Å². The van der Waals surface area contributed by atoms with Gasteiger partial charge in [-0.15, -0.1) is 0 Å². The number of hydrogen-bond donors (Lipinski definition) is 2. The second-order valence-corrected chi connectivity index (χ2v) is 7.21. The number of nitrogens with zero attached hydrogens (tertiary/aromatic N) is 3. The summed E-state index contributed by atoms with van der Waals surface area (Å²) in [5, 5.41) is 6.57. The topological polar surface area (TPSA) is 110 Å². The van der Waals surface area contributed by atoms with Crippen LogP contribution in [0.1, 0.15) is 20.8 Å². The van der Waals surface area contributed by atoms with Gasteiger partial charge in [0.25, 0.3) is 0 Å². The lowest BCUT2D eigenvalue weighted by atomic mass is 10.2. The summed E-state index contributed by atoms with van der Waals surface area (Å²) in [6.07, 6.45) is 1.37. The molecule has 0 saturated heterocycles. The zero-order valence-corrected chi connectivity index (χ0v) is 13.6. The molecule has 0 atom stereocenters. The molecular formula is C12H23N5O3S. The molecule has 120 valence electrons. The number of carbonyl (C=O) groups excluding carboxylic acids is 1. The highest BCUT2D eigenvalue weighted by atomic mass is 32.2. The van der Waals surface area contributed by atoms with Crippen molar-refractivity contribution in [3.05, 3.63) is 6.20 Å². The molecule has 8 nitrogen and oxygen atoms in total. The summed E-state index contributed by atoms with van der Waals surface area (Å²) in [5.74, 6) is -0.114. The number of anilines is 1. The number of nitrogen functional groups attached to an aromatic ring is 1. The maximum Gasteiger partial charge on any atom is 0.248 e. The smallest absolute Gasteiger partial charge is 0.248 e. The first kappa shape index (κ1) is 17.4. The predicted octanol–water partition coefficient (Wildman–Crippen LogP) is -0.122. The first-order valence-electron chi connectivity index (χ1n) is 6.74. The van der Waals surface area contributed by atoms with Crippen LogP contribution < -0.4 is 11.1 Å². The van der Waals surface area contributed by atoms with Gasteiger partial charge in [0.2, 0.25) is 15.9 Å². The maximum absolute atomic E-state index is 12.4. The second-order valence-electron chi connectivity index (χ2n) is 5.19. The summed E-state index contributed by atoms with van der Waals surface area (Å²) in [7, 11) is -2.49. The summed E-state index contributed by atoms with van der Waals surface area (Å²) < 4.78 is 27.1. The first-order chi connectivity index (χ1) is 9.68. The van der Waals surface area contributed by atoms with Crippen molar-refractivity contribution in [3.8, 4) is 0 Å². The standard InChI is InChI=1S/C12H23N5O3S/c1-5-17-7-10(12(13)15-17)21(19,20)16(4)8-11(18)14-6-9(2)3/h7,9H,5-6,8H2,1-4H3,(H2,13,15)(H,14,18). The molecule has 0 spiro atoms. The van der Waals surface area contributed by atoms with Gasteiger partial charge in [-0.1, -0.05) is 13.8 Å². The van der Waals surface area contributed by atoms with E-state index in [0.29, 0.717) is 19.0 Å². The van der Waals surface area contributed by atoms with Gasteiger partial charge < -0.3 is 11.1 Å². The van der Waals surface area contributed by atoms with Gasteiger partial charge >= 0.3 is 0 Å². The monoisotopic (exact) mass is 317 g/mol. The Hall–Kier alpha value is -1.61. The number of nitrogens with two attached hydrogens (primary N) is 1. The van der Waals surface area contributed by atoms with Crippen LogP contribution in [0, 0.1) is 5.92 Å². The Morgan fingerprint density at radius 1 is 1.52 bits per heavy atom. The largest absolute Gasteiger partial charge is 0.381 e. The third-order valence-electron chi connectivity index (χ3n) is 2.84. The molecule has 0 aromatic carbocycles. The van der Waals surface area contributed by atoms with Crippen molar-refractivity contribution in [2.75, 3.05) is 25.9 Å². The predicted molar refractivity (Wildman–Crippen MR) is 80.0 cm³/mol. The van der Waals surface area contributed by atoms with Crippen LogP contribution in [0.15, 0.2) is 11.1 Å². The second kappa shape index (κ2) is 6.90. The molecule has 1 aromatic rings. The summed E-state index contributed by atoms with van der Waals surface area (Å²) in [6.45, 7) is 6.50. The Bertz CT molecular complexity index is 594. The number of aromatic nitrogens is 2. The van der Waals surface area contributed by atoms with Crippen molar-refractivity contribution in [1.82, 2.24) is 19.4 Å². The Balaban J connectivity index is 2.82. The number of nitrogens with one attached hydrogen (secondary N) is 1. The molecule has 3 N–H and O–H groups in total. The Morgan fingerprint density at radius 3 is 2.62 bits per heavy atom. The van der Waals surface area contributed by atoms with Crippen LogP contribution in [0.25, 0.3) is 0 Å². The zero-order valence-electron chi connectivity index (χ0n) is 12.8. The molecule has 1 amide bonds. The van der Waals surface area contributed by atoms with Crippen LogP contribution in [0.5, 0.6) is 0 Å². The maximum atomic E-state index is 12.4. The average molecular weight is 317 g/mol. The van der Waals surface area contributed by atoms with Crippen LogP contribution in [0.4, 0.5) is 5.82 Å². The number of rotatable bonds is 7. The molecule has 0 unspecified atom stereocenters. The number of carbonyl (C=O) groups is 1. The van der Waals surface area contributed by atoms with Gasteiger partial charge in [-0.2, -0.15) is 9.40 Å². The highest BCUT2D eigenvalue weighted by molar-refractivity contribution is 7.89. The van der Waals surface area contributed by atoms with E-state index in [1.54, 1.807) is 0 Å². The lowest BCUT2D eigenvalue weighted by molar-refractivity contribution is -0.121. The molecule has 0 aliphatic carbocycles. The van der Waals surface area contributed by atoms with Gasteiger partial charge in [0, 0.05) is 26.3 Å². The number of sulfonamides is 1. The quantitative estimate of drug-likeness (QED) is 0.728. The van der Waals surface area contributed by atoms with E-state index in [-0.39, 0.29) is 23.2 Å². The highest BCUT2D eigenvalue weighted by Gasteiger charge is 2.27. The van der Waals surface area contributed by atoms with Crippen molar-refractivity contribution in [2.24, 2.45) is 5.92 Å². The van der Waals surface area contributed by atoms with Crippen molar-refractivity contribution in [3.63, 3.8) is 0 Å². The Morgan fingerprint density at radius 2 is 2.14 bits per heavy atom. The molecule has 0 saturated carbocycles. The first-order valence-corrected chi connectivity index (χ1v) is 8.18. The zero-order chi connectivity index (χ0) is 16.2. The summed E-state index contributed by atoms with van der Waals surface area (Å²) in [6, 6.07) is 0. The summed E-state index contributed by atoms with van der Waals surface area (Å²) >= 11 is 0. The van der Waals surface area contributed by atoms with Gasteiger partial charge in [0.15, 0.2) is 5.82 Å². The minimum Gasteiger partial charge on any atom is -0.381 e. The van der Waals surface area contributed by atoms with Crippen LogP contribution in [0.3, 0.4) is 0 Å².